The van der Waals surface area contributed by atoms with Gasteiger partial charge in [-0.15, -0.1) is 24.0 Å². The summed E-state index contributed by atoms with van der Waals surface area (Å²) < 4.78 is 6.79. The van der Waals surface area contributed by atoms with Crippen LogP contribution in [0.5, 0.6) is 5.75 Å². The molecular weight excluding hydrogens is 513 g/mol. The third-order valence-electron chi connectivity index (χ3n) is 4.79. The standard InChI is InChI=1S/C20H27N7O3.HI/c1-21-20(23-12-18(28)22-10-15-4-6-17(30-3)7-5-15)26-8-9-27(19(29)14-26)16-11-24-25(2)13-16;/h4-7,11,13H,8-10,12,14H2,1-3H3,(H,21,23)(H,22,28);1H. The van der Waals surface area contributed by atoms with Gasteiger partial charge in [0.1, 0.15) is 12.3 Å². The lowest BCUT2D eigenvalue weighted by molar-refractivity contribution is -0.120. The predicted octanol–water partition coefficient (Wildman–Crippen LogP) is 0.587. The Balaban J connectivity index is 0.00000341. The van der Waals surface area contributed by atoms with E-state index in [1.54, 1.807) is 29.9 Å². The number of rotatable bonds is 6. The summed E-state index contributed by atoms with van der Waals surface area (Å²) in [6.45, 7) is 1.80. The van der Waals surface area contributed by atoms with Crippen molar-refractivity contribution in [1.29, 1.82) is 0 Å². The predicted molar refractivity (Wildman–Crippen MR) is 129 cm³/mol. The summed E-state index contributed by atoms with van der Waals surface area (Å²) in [4.78, 5) is 32.5. The van der Waals surface area contributed by atoms with Crippen LogP contribution in [0.1, 0.15) is 5.56 Å². The average Bonchev–Trinajstić information content (AvgIpc) is 3.19. The van der Waals surface area contributed by atoms with Gasteiger partial charge in [0.05, 0.1) is 25.5 Å². The van der Waals surface area contributed by atoms with E-state index in [2.05, 4.69) is 20.7 Å². The SMILES string of the molecule is CN=C(NCC(=O)NCc1ccc(OC)cc1)N1CCN(c2cnn(C)c2)C(=O)C1.I. The Bertz CT molecular complexity index is 914. The Hall–Kier alpha value is -2.83. The van der Waals surface area contributed by atoms with Crippen LogP contribution in [0.4, 0.5) is 5.69 Å². The van der Waals surface area contributed by atoms with Crippen LogP contribution in [0.15, 0.2) is 41.7 Å². The highest BCUT2D eigenvalue weighted by Gasteiger charge is 2.27. The first-order valence-electron chi connectivity index (χ1n) is 9.64. The number of anilines is 1. The molecule has 0 spiro atoms. The van der Waals surface area contributed by atoms with Crippen LogP contribution in [0.2, 0.25) is 0 Å². The average molecular weight is 541 g/mol. The van der Waals surface area contributed by atoms with Crippen molar-refractivity contribution in [3.05, 3.63) is 42.2 Å². The summed E-state index contributed by atoms with van der Waals surface area (Å²) in [5.41, 5.74) is 1.76. The number of aromatic nitrogens is 2. The van der Waals surface area contributed by atoms with Crippen LogP contribution in [0.25, 0.3) is 0 Å². The zero-order chi connectivity index (χ0) is 21.5. The Labute approximate surface area is 198 Å². The minimum atomic E-state index is -0.160. The van der Waals surface area contributed by atoms with Gasteiger partial charge in [0.2, 0.25) is 11.8 Å². The van der Waals surface area contributed by atoms with Gasteiger partial charge >= 0.3 is 0 Å². The van der Waals surface area contributed by atoms with Crippen molar-refractivity contribution in [2.24, 2.45) is 12.0 Å². The summed E-state index contributed by atoms with van der Waals surface area (Å²) in [6, 6.07) is 7.51. The van der Waals surface area contributed by atoms with E-state index in [1.807, 2.05) is 42.4 Å². The lowest BCUT2D eigenvalue weighted by atomic mass is 10.2. The molecule has 11 heteroatoms. The van der Waals surface area contributed by atoms with Gasteiger partial charge in [0.25, 0.3) is 0 Å². The number of carbonyl (C=O) groups excluding carboxylic acids is 2. The van der Waals surface area contributed by atoms with Gasteiger partial charge in [-0.3, -0.25) is 19.3 Å². The number of amides is 2. The maximum absolute atomic E-state index is 12.6. The van der Waals surface area contributed by atoms with Gasteiger partial charge in [-0.25, -0.2) is 0 Å². The Morgan fingerprint density at radius 3 is 2.55 bits per heavy atom. The number of aryl methyl sites for hydroxylation is 1. The fourth-order valence-electron chi connectivity index (χ4n) is 3.17. The van der Waals surface area contributed by atoms with E-state index in [1.165, 1.54) is 0 Å². The first-order chi connectivity index (χ1) is 14.5. The molecule has 1 fully saturated rings. The number of halogens is 1. The number of nitrogens with zero attached hydrogens (tertiary/aromatic N) is 5. The minimum Gasteiger partial charge on any atom is -0.497 e. The molecule has 2 amide bonds. The molecule has 0 aliphatic carbocycles. The molecule has 1 aromatic heterocycles. The molecule has 2 N–H and O–H groups in total. The van der Waals surface area contributed by atoms with Gasteiger partial charge in [-0.05, 0) is 17.7 Å². The lowest BCUT2D eigenvalue weighted by Gasteiger charge is -2.35. The van der Waals surface area contributed by atoms with Gasteiger partial charge in [0.15, 0.2) is 5.96 Å². The highest BCUT2D eigenvalue weighted by atomic mass is 127. The van der Waals surface area contributed by atoms with Crippen molar-refractivity contribution in [1.82, 2.24) is 25.3 Å². The highest BCUT2D eigenvalue weighted by Crippen LogP contribution is 2.16. The molecule has 0 saturated carbocycles. The number of guanidine groups is 1. The number of hydrogen-bond acceptors (Lipinski definition) is 5. The van der Waals surface area contributed by atoms with Crippen LogP contribution >= 0.6 is 24.0 Å². The highest BCUT2D eigenvalue weighted by molar-refractivity contribution is 14.0. The smallest absolute Gasteiger partial charge is 0.246 e. The second kappa shape index (κ2) is 11.5. The molecule has 1 aliphatic heterocycles. The Kier molecular flexibility index (Phi) is 9.09. The fourth-order valence-corrected chi connectivity index (χ4v) is 3.17. The number of methoxy groups -OCH3 is 1. The molecule has 2 aromatic rings. The number of carbonyl (C=O) groups is 2. The van der Waals surface area contributed by atoms with Crippen LogP contribution in [0.3, 0.4) is 0 Å². The number of benzene rings is 1. The first-order valence-corrected chi connectivity index (χ1v) is 9.64. The van der Waals surface area contributed by atoms with E-state index in [-0.39, 0.29) is 48.9 Å². The quantitative estimate of drug-likeness (QED) is 0.315. The molecule has 31 heavy (non-hydrogen) atoms. The van der Waals surface area contributed by atoms with Crippen LogP contribution in [0, 0.1) is 0 Å². The largest absolute Gasteiger partial charge is 0.497 e. The van der Waals surface area contributed by atoms with Crippen molar-refractivity contribution >= 4 is 47.4 Å². The molecular formula is C20H28IN7O3. The maximum atomic E-state index is 12.6. The van der Waals surface area contributed by atoms with Gasteiger partial charge < -0.3 is 25.2 Å². The van der Waals surface area contributed by atoms with E-state index in [4.69, 9.17) is 4.74 Å². The van der Waals surface area contributed by atoms with Crippen molar-refractivity contribution in [3.63, 3.8) is 0 Å². The van der Waals surface area contributed by atoms with Gasteiger partial charge in [0, 0.05) is 39.9 Å². The monoisotopic (exact) mass is 541 g/mol. The van der Waals surface area contributed by atoms with Gasteiger partial charge in [-0.2, -0.15) is 5.10 Å². The van der Waals surface area contributed by atoms with Crippen LogP contribution in [-0.2, 0) is 23.2 Å². The third kappa shape index (κ3) is 6.57. The van der Waals surface area contributed by atoms with Gasteiger partial charge in [-0.1, -0.05) is 12.1 Å². The second-order valence-corrected chi connectivity index (χ2v) is 6.86. The summed E-state index contributed by atoms with van der Waals surface area (Å²) in [7, 11) is 5.06. The van der Waals surface area contributed by atoms with Crippen LogP contribution < -0.4 is 20.3 Å². The number of ether oxygens (including phenoxy) is 1. The molecule has 2 heterocycles. The topological polar surface area (TPSA) is 104 Å². The first kappa shape index (κ1) is 24.4. The molecule has 1 saturated heterocycles. The lowest BCUT2D eigenvalue weighted by Crippen LogP contribution is -2.56. The number of piperazine rings is 1. The van der Waals surface area contributed by atoms with Crippen molar-refractivity contribution < 1.29 is 14.3 Å². The van der Waals surface area contributed by atoms with E-state index in [0.29, 0.717) is 25.6 Å². The zero-order valence-corrected chi connectivity index (χ0v) is 20.2. The van der Waals surface area contributed by atoms with E-state index >= 15 is 0 Å². The molecule has 10 nitrogen and oxygen atoms in total. The Morgan fingerprint density at radius 2 is 1.97 bits per heavy atom. The number of hydrogen-bond donors (Lipinski definition) is 2. The summed E-state index contributed by atoms with van der Waals surface area (Å²) in [6.07, 6.45) is 3.49. The minimum absolute atomic E-state index is 0. The third-order valence-corrected chi connectivity index (χ3v) is 4.79. The normalized spacial score (nSPS) is 14.2. The molecule has 168 valence electrons. The van der Waals surface area contributed by atoms with Crippen molar-refractivity contribution in [2.45, 2.75) is 6.54 Å². The second-order valence-electron chi connectivity index (χ2n) is 6.86. The van der Waals surface area contributed by atoms with E-state index in [0.717, 1.165) is 17.0 Å². The summed E-state index contributed by atoms with van der Waals surface area (Å²) in [5, 5.41) is 10.0. The van der Waals surface area contributed by atoms with Crippen LogP contribution in [-0.4, -0.2) is 72.8 Å². The maximum Gasteiger partial charge on any atom is 0.246 e. The fraction of sp³-hybridized carbons (Fsp3) is 0.400. The Morgan fingerprint density at radius 1 is 1.23 bits per heavy atom. The van der Waals surface area contributed by atoms with Crippen molar-refractivity contribution in [2.75, 3.05) is 45.2 Å². The summed E-state index contributed by atoms with van der Waals surface area (Å²) in [5.74, 6) is 1.09. The molecule has 0 radical (unpaired) electrons. The molecule has 0 bridgehead atoms. The number of aliphatic imine (C=N–C) groups is 1. The van der Waals surface area contributed by atoms with E-state index in [9.17, 15) is 9.59 Å². The molecule has 1 aromatic carbocycles. The molecule has 1 aliphatic rings. The molecule has 3 rings (SSSR count). The summed E-state index contributed by atoms with van der Waals surface area (Å²) >= 11 is 0. The molecule has 0 unspecified atom stereocenters. The zero-order valence-electron chi connectivity index (χ0n) is 17.9. The van der Waals surface area contributed by atoms with E-state index < -0.39 is 0 Å². The molecule has 0 atom stereocenters. The number of nitrogens with one attached hydrogen (secondary N) is 2. The van der Waals surface area contributed by atoms with Crippen molar-refractivity contribution in [3.8, 4) is 5.75 Å².